The first kappa shape index (κ1) is 14.4. The number of hydrogen-bond acceptors (Lipinski definition) is 4. The molecular weight excluding hydrogens is 220 g/mol. The van der Waals surface area contributed by atoms with Crippen molar-refractivity contribution in [2.24, 2.45) is 5.92 Å². The van der Waals surface area contributed by atoms with Crippen LogP contribution in [-0.4, -0.2) is 61.4 Å². The Balaban J connectivity index is 2.30. The maximum absolute atomic E-state index is 11.8. The molecule has 17 heavy (non-hydrogen) atoms. The molecule has 100 valence electrons. The molecule has 0 saturated carbocycles. The van der Waals surface area contributed by atoms with Crippen LogP contribution in [-0.2, 0) is 9.53 Å². The number of ether oxygens (including phenoxy) is 1. The topological polar surface area (TPSA) is 61.8 Å². The molecule has 2 N–H and O–H groups in total. The van der Waals surface area contributed by atoms with E-state index < -0.39 is 0 Å². The minimum absolute atomic E-state index is 0.0408. The zero-order valence-electron chi connectivity index (χ0n) is 10.8. The molecule has 0 aliphatic carbocycles. The minimum atomic E-state index is 0.0408. The van der Waals surface area contributed by atoms with Gasteiger partial charge in [0.05, 0.1) is 19.8 Å². The molecule has 1 fully saturated rings. The number of aliphatic hydroxyl groups excluding tert-OH is 1. The standard InChI is InChI=1S/C12H24N2O3/c1-10(2)11(3-6-15)13-12(16)9-14-4-7-17-8-5-14/h10-11,15H,3-9H2,1-2H3,(H,13,16). The second-order valence-electron chi connectivity index (χ2n) is 4.82. The van der Waals surface area contributed by atoms with Gasteiger partial charge in [0.25, 0.3) is 0 Å². The van der Waals surface area contributed by atoms with Gasteiger partial charge < -0.3 is 15.2 Å². The molecule has 1 atom stereocenters. The van der Waals surface area contributed by atoms with Crippen LogP contribution in [0, 0.1) is 5.92 Å². The van der Waals surface area contributed by atoms with Gasteiger partial charge in [0.1, 0.15) is 0 Å². The molecule has 1 saturated heterocycles. The largest absolute Gasteiger partial charge is 0.396 e. The Labute approximate surface area is 103 Å². The van der Waals surface area contributed by atoms with Crippen LogP contribution in [0.2, 0.25) is 0 Å². The molecule has 5 heteroatoms. The van der Waals surface area contributed by atoms with Crippen molar-refractivity contribution in [2.45, 2.75) is 26.3 Å². The molecule has 0 aromatic carbocycles. The van der Waals surface area contributed by atoms with Gasteiger partial charge in [-0.2, -0.15) is 0 Å². The lowest BCUT2D eigenvalue weighted by molar-refractivity contribution is -0.124. The summed E-state index contributed by atoms with van der Waals surface area (Å²) < 4.78 is 5.23. The van der Waals surface area contributed by atoms with E-state index in [1.54, 1.807) is 0 Å². The Morgan fingerprint density at radius 3 is 2.59 bits per heavy atom. The van der Waals surface area contributed by atoms with Gasteiger partial charge in [0.2, 0.25) is 5.91 Å². The number of carbonyl (C=O) groups is 1. The van der Waals surface area contributed by atoms with Crippen molar-refractivity contribution in [1.29, 1.82) is 0 Å². The lowest BCUT2D eigenvalue weighted by atomic mass is 10.0. The van der Waals surface area contributed by atoms with Gasteiger partial charge >= 0.3 is 0 Å². The van der Waals surface area contributed by atoms with Gasteiger partial charge in [0, 0.05) is 25.7 Å². The van der Waals surface area contributed by atoms with E-state index >= 15 is 0 Å². The summed E-state index contributed by atoms with van der Waals surface area (Å²) in [4.78, 5) is 13.9. The highest BCUT2D eigenvalue weighted by Crippen LogP contribution is 2.05. The molecule has 0 radical (unpaired) electrons. The molecule has 0 spiro atoms. The normalized spacial score (nSPS) is 19.3. The van der Waals surface area contributed by atoms with E-state index in [1.165, 1.54) is 0 Å². The lowest BCUT2D eigenvalue weighted by Gasteiger charge is -2.28. The lowest BCUT2D eigenvalue weighted by Crippen LogP contribution is -2.47. The first-order valence-corrected chi connectivity index (χ1v) is 6.33. The summed E-state index contributed by atoms with van der Waals surface area (Å²) in [5.41, 5.74) is 0. The van der Waals surface area contributed by atoms with Crippen molar-refractivity contribution < 1.29 is 14.6 Å². The number of amides is 1. The number of nitrogens with one attached hydrogen (secondary N) is 1. The van der Waals surface area contributed by atoms with E-state index in [0.29, 0.717) is 32.1 Å². The summed E-state index contributed by atoms with van der Waals surface area (Å²) >= 11 is 0. The monoisotopic (exact) mass is 244 g/mol. The predicted octanol–water partition coefficient (Wildman–Crippen LogP) is -0.158. The van der Waals surface area contributed by atoms with Crippen molar-refractivity contribution >= 4 is 5.91 Å². The first-order chi connectivity index (χ1) is 8.13. The summed E-state index contributed by atoms with van der Waals surface area (Å²) in [6.07, 6.45) is 0.618. The average molecular weight is 244 g/mol. The van der Waals surface area contributed by atoms with E-state index in [4.69, 9.17) is 9.84 Å². The van der Waals surface area contributed by atoms with Crippen LogP contribution >= 0.6 is 0 Å². The van der Waals surface area contributed by atoms with Gasteiger partial charge in [-0.25, -0.2) is 0 Å². The Hall–Kier alpha value is -0.650. The third-order valence-corrected chi connectivity index (χ3v) is 3.06. The SMILES string of the molecule is CC(C)C(CCO)NC(=O)CN1CCOCC1. The summed E-state index contributed by atoms with van der Waals surface area (Å²) in [7, 11) is 0. The highest BCUT2D eigenvalue weighted by Gasteiger charge is 2.18. The molecule has 1 heterocycles. The number of hydrogen-bond donors (Lipinski definition) is 2. The Morgan fingerprint density at radius 1 is 1.41 bits per heavy atom. The smallest absolute Gasteiger partial charge is 0.234 e. The molecule has 1 unspecified atom stereocenters. The summed E-state index contributed by atoms with van der Waals surface area (Å²) in [6.45, 7) is 7.69. The molecule has 1 amide bonds. The number of morpholine rings is 1. The van der Waals surface area contributed by atoms with E-state index in [1.807, 2.05) is 0 Å². The molecule has 5 nitrogen and oxygen atoms in total. The second kappa shape index (κ2) is 7.63. The van der Waals surface area contributed by atoms with Gasteiger partial charge in [-0.3, -0.25) is 9.69 Å². The van der Waals surface area contributed by atoms with Crippen LogP contribution in [0.3, 0.4) is 0 Å². The molecule has 0 aromatic rings. The fourth-order valence-electron chi connectivity index (χ4n) is 1.93. The molecule has 0 bridgehead atoms. The first-order valence-electron chi connectivity index (χ1n) is 6.33. The van der Waals surface area contributed by atoms with E-state index in [9.17, 15) is 4.79 Å². The van der Waals surface area contributed by atoms with Crippen LogP contribution < -0.4 is 5.32 Å². The van der Waals surface area contributed by atoms with Crippen molar-refractivity contribution in [3.8, 4) is 0 Å². The number of aliphatic hydroxyl groups is 1. The number of rotatable bonds is 6. The summed E-state index contributed by atoms with van der Waals surface area (Å²) in [5, 5.41) is 11.9. The molecule has 0 aromatic heterocycles. The third-order valence-electron chi connectivity index (χ3n) is 3.06. The summed E-state index contributed by atoms with van der Waals surface area (Å²) in [6, 6.07) is 0.0635. The van der Waals surface area contributed by atoms with Crippen LogP contribution in [0.5, 0.6) is 0 Å². The Kier molecular flexibility index (Phi) is 6.47. The quantitative estimate of drug-likeness (QED) is 0.682. The highest BCUT2D eigenvalue weighted by atomic mass is 16.5. The van der Waals surface area contributed by atoms with Crippen molar-refractivity contribution in [1.82, 2.24) is 10.2 Å². The Morgan fingerprint density at radius 2 is 2.06 bits per heavy atom. The second-order valence-corrected chi connectivity index (χ2v) is 4.82. The summed E-state index contributed by atoms with van der Waals surface area (Å²) in [5.74, 6) is 0.384. The predicted molar refractivity (Wildman–Crippen MR) is 65.7 cm³/mol. The van der Waals surface area contributed by atoms with Gasteiger partial charge in [-0.1, -0.05) is 13.8 Å². The molecule has 1 aliphatic rings. The van der Waals surface area contributed by atoms with E-state index in [0.717, 1.165) is 13.1 Å². The van der Waals surface area contributed by atoms with Crippen LogP contribution in [0.15, 0.2) is 0 Å². The van der Waals surface area contributed by atoms with Crippen molar-refractivity contribution in [3.63, 3.8) is 0 Å². The molecule has 1 aliphatic heterocycles. The number of nitrogens with zero attached hydrogens (tertiary/aromatic N) is 1. The van der Waals surface area contributed by atoms with E-state index in [2.05, 4.69) is 24.1 Å². The van der Waals surface area contributed by atoms with E-state index in [-0.39, 0.29) is 18.6 Å². The molecule has 1 rings (SSSR count). The van der Waals surface area contributed by atoms with Crippen LogP contribution in [0.4, 0.5) is 0 Å². The van der Waals surface area contributed by atoms with Gasteiger partial charge in [-0.05, 0) is 12.3 Å². The van der Waals surface area contributed by atoms with Gasteiger partial charge in [-0.15, -0.1) is 0 Å². The van der Waals surface area contributed by atoms with Crippen LogP contribution in [0.1, 0.15) is 20.3 Å². The average Bonchev–Trinajstić information content (AvgIpc) is 2.29. The van der Waals surface area contributed by atoms with Crippen molar-refractivity contribution in [2.75, 3.05) is 39.5 Å². The fraction of sp³-hybridized carbons (Fsp3) is 0.917. The fourth-order valence-corrected chi connectivity index (χ4v) is 1.93. The Bertz CT molecular complexity index is 228. The minimum Gasteiger partial charge on any atom is -0.396 e. The maximum Gasteiger partial charge on any atom is 0.234 e. The zero-order chi connectivity index (χ0) is 12.7. The number of carbonyl (C=O) groups excluding carboxylic acids is 1. The highest BCUT2D eigenvalue weighted by molar-refractivity contribution is 5.78. The van der Waals surface area contributed by atoms with Gasteiger partial charge in [0.15, 0.2) is 0 Å². The van der Waals surface area contributed by atoms with Crippen molar-refractivity contribution in [3.05, 3.63) is 0 Å². The third kappa shape index (κ3) is 5.48. The van der Waals surface area contributed by atoms with Crippen LogP contribution in [0.25, 0.3) is 0 Å². The molecular formula is C12H24N2O3. The zero-order valence-corrected chi connectivity index (χ0v) is 10.8. The maximum atomic E-state index is 11.8.